The van der Waals surface area contributed by atoms with Gasteiger partial charge in [0.15, 0.2) is 0 Å². The van der Waals surface area contributed by atoms with Gasteiger partial charge in [0, 0.05) is 18.7 Å². The van der Waals surface area contributed by atoms with Crippen molar-refractivity contribution >= 4 is 17.7 Å². The number of amides is 1. The number of carbonyl (C=O) groups is 1. The number of piperidine rings is 1. The molecule has 1 saturated heterocycles. The highest BCUT2D eigenvalue weighted by Crippen LogP contribution is 2.26. The van der Waals surface area contributed by atoms with Gasteiger partial charge in [-0.15, -0.1) is 10.2 Å². The minimum atomic E-state index is 0.147. The summed E-state index contributed by atoms with van der Waals surface area (Å²) in [6, 6.07) is 7.89. The third-order valence-corrected chi connectivity index (χ3v) is 5.13. The number of rotatable bonds is 4. The number of aryl methyl sites for hydroxylation is 1. The molecule has 0 N–H and O–H groups in total. The maximum Gasteiger partial charge on any atom is 0.277 e. The second-order valence-corrected chi connectivity index (χ2v) is 7.65. The van der Waals surface area contributed by atoms with Gasteiger partial charge in [0.1, 0.15) is 0 Å². The van der Waals surface area contributed by atoms with Crippen molar-refractivity contribution in [3.63, 3.8) is 0 Å². The molecule has 128 valence electrons. The molecule has 24 heavy (non-hydrogen) atoms. The topological polar surface area (TPSA) is 59.2 Å². The first-order valence-corrected chi connectivity index (χ1v) is 9.31. The van der Waals surface area contributed by atoms with Gasteiger partial charge < -0.3 is 9.32 Å². The molecule has 2 unspecified atom stereocenters. The van der Waals surface area contributed by atoms with Crippen molar-refractivity contribution in [1.82, 2.24) is 15.1 Å². The average molecular weight is 345 g/mol. The van der Waals surface area contributed by atoms with Crippen LogP contribution in [-0.4, -0.2) is 39.8 Å². The van der Waals surface area contributed by atoms with E-state index in [0.29, 0.717) is 28.7 Å². The van der Waals surface area contributed by atoms with Crippen LogP contribution in [0, 0.1) is 18.8 Å². The minimum Gasteiger partial charge on any atom is -0.411 e. The zero-order valence-corrected chi connectivity index (χ0v) is 15.2. The number of likely N-dealkylation sites (tertiary alicyclic amines) is 1. The Hall–Kier alpha value is -1.82. The van der Waals surface area contributed by atoms with Crippen LogP contribution in [-0.2, 0) is 4.79 Å². The summed E-state index contributed by atoms with van der Waals surface area (Å²) in [6.45, 7) is 8.11. The van der Waals surface area contributed by atoms with Gasteiger partial charge in [-0.1, -0.05) is 43.8 Å². The fourth-order valence-electron chi connectivity index (χ4n) is 3.27. The van der Waals surface area contributed by atoms with Crippen LogP contribution >= 0.6 is 11.8 Å². The summed E-state index contributed by atoms with van der Waals surface area (Å²) >= 11 is 1.31. The van der Waals surface area contributed by atoms with Crippen molar-refractivity contribution in [2.75, 3.05) is 18.8 Å². The molecule has 0 spiro atoms. The Balaban J connectivity index is 1.59. The van der Waals surface area contributed by atoms with Gasteiger partial charge in [-0.25, -0.2) is 0 Å². The predicted octanol–water partition coefficient (Wildman–Crippen LogP) is 3.64. The number of thioether (sulfide) groups is 1. The summed E-state index contributed by atoms with van der Waals surface area (Å²) in [5.74, 6) is 2.13. The van der Waals surface area contributed by atoms with E-state index in [0.717, 1.165) is 24.2 Å². The highest BCUT2D eigenvalue weighted by Gasteiger charge is 2.25. The van der Waals surface area contributed by atoms with Crippen LogP contribution in [0.2, 0.25) is 0 Å². The molecule has 6 heteroatoms. The first-order valence-electron chi connectivity index (χ1n) is 8.33. The standard InChI is InChI=1S/C18H23N3O2S/c1-12-8-13(2)10-21(9-12)16(22)11-24-18-20-19-17(23-18)15-7-5-4-6-14(15)3/h4-7,12-13H,8-11H2,1-3H3. The molecule has 2 atom stereocenters. The highest BCUT2D eigenvalue weighted by molar-refractivity contribution is 7.99. The Labute approximate surface area is 146 Å². The fourth-order valence-corrected chi connectivity index (χ4v) is 3.94. The van der Waals surface area contributed by atoms with E-state index < -0.39 is 0 Å². The third-order valence-electron chi connectivity index (χ3n) is 4.32. The highest BCUT2D eigenvalue weighted by atomic mass is 32.2. The van der Waals surface area contributed by atoms with E-state index in [1.54, 1.807) is 0 Å². The zero-order valence-electron chi connectivity index (χ0n) is 14.4. The molecule has 1 aliphatic heterocycles. The number of nitrogens with zero attached hydrogens (tertiary/aromatic N) is 3. The lowest BCUT2D eigenvalue weighted by atomic mass is 9.92. The molecule has 1 aliphatic rings. The Morgan fingerprint density at radius 3 is 2.67 bits per heavy atom. The number of hydrogen-bond donors (Lipinski definition) is 0. The third kappa shape index (κ3) is 3.98. The molecule has 1 fully saturated rings. The lowest BCUT2D eigenvalue weighted by Crippen LogP contribution is -2.43. The zero-order chi connectivity index (χ0) is 17.1. The SMILES string of the molecule is Cc1ccccc1-c1nnc(SCC(=O)N2CC(C)CC(C)C2)o1. The van der Waals surface area contributed by atoms with Crippen molar-refractivity contribution in [3.05, 3.63) is 29.8 Å². The molecular formula is C18H23N3O2S. The van der Waals surface area contributed by atoms with Gasteiger partial charge in [0.25, 0.3) is 5.22 Å². The molecule has 0 bridgehead atoms. The molecular weight excluding hydrogens is 322 g/mol. The lowest BCUT2D eigenvalue weighted by molar-refractivity contribution is -0.130. The Kier molecular flexibility index (Phi) is 5.23. The van der Waals surface area contributed by atoms with E-state index in [2.05, 4.69) is 24.0 Å². The second kappa shape index (κ2) is 7.38. The summed E-state index contributed by atoms with van der Waals surface area (Å²) in [6.07, 6.45) is 1.19. The fraction of sp³-hybridized carbons (Fsp3) is 0.500. The predicted molar refractivity (Wildman–Crippen MR) is 94.7 cm³/mol. The summed E-state index contributed by atoms with van der Waals surface area (Å²) < 4.78 is 5.70. The maximum atomic E-state index is 12.4. The van der Waals surface area contributed by atoms with Crippen molar-refractivity contribution in [3.8, 4) is 11.5 Å². The van der Waals surface area contributed by atoms with E-state index >= 15 is 0 Å². The molecule has 1 aromatic carbocycles. The second-order valence-electron chi connectivity index (χ2n) is 6.72. The van der Waals surface area contributed by atoms with Crippen LogP contribution in [0.25, 0.3) is 11.5 Å². The van der Waals surface area contributed by atoms with E-state index in [1.165, 1.54) is 18.2 Å². The summed E-state index contributed by atoms with van der Waals surface area (Å²) in [5.41, 5.74) is 2.02. The van der Waals surface area contributed by atoms with E-state index in [4.69, 9.17) is 4.42 Å². The quantitative estimate of drug-likeness (QED) is 0.792. The van der Waals surface area contributed by atoms with Gasteiger partial charge in [-0.2, -0.15) is 0 Å². The molecule has 0 saturated carbocycles. The van der Waals surface area contributed by atoms with Crippen molar-refractivity contribution < 1.29 is 9.21 Å². The lowest BCUT2D eigenvalue weighted by Gasteiger charge is -2.34. The van der Waals surface area contributed by atoms with Gasteiger partial charge in [0.2, 0.25) is 11.8 Å². The summed E-state index contributed by atoms with van der Waals surface area (Å²) in [5, 5.41) is 8.60. The minimum absolute atomic E-state index is 0.147. The number of hydrogen-bond acceptors (Lipinski definition) is 5. The average Bonchev–Trinajstić information content (AvgIpc) is 3.01. The van der Waals surface area contributed by atoms with Crippen molar-refractivity contribution in [1.29, 1.82) is 0 Å². The van der Waals surface area contributed by atoms with E-state index in [9.17, 15) is 4.79 Å². The molecule has 2 heterocycles. The van der Waals surface area contributed by atoms with E-state index in [1.807, 2.05) is 36.1 Å². The molecule has 1 aromatic heterocycles. The van der Waals surface area contributed by atoms with Gasteiger partial charge in [-0.3, -0.25) is 4.79 Å². The molecule has 1 amide bonds. The van der Waals surface area contributed by atoms with Crippen LogP contribution in [0.4, 0.5) is 0 Å². The van der Waals surface area contributed by atoms with Crippen LogP contribution in [0.15, 0.2) is 33.9 Å². The monoisotopic (exact) mass is 345 g/mol. The number of aromatic nitrogens is 2. The Bertz CT molecular complexity index is 706. The van der Waals surface area contributed by atoms with Gasteiger partial charge >= 0.3 is 0 Å². The van der Waals surface area contributed by atoms with Crippen LogP contribution in [0.1, 0.15) is 25.8 Å². The largest absolute Gasteiger partial charge is 0.411 e. The van der Waals surface area contributed by atoms with Crippen molar-refractivity contribution in [2.45, 2.75) is 32.4 Å². The number of benzene rings is 1. The normalized spacial score (nSPS) is 21.0. The Morgan fingerprint density at radius 1 is 1.25 bits per heavy atom. The molecule has 0 radical (unpaired) electrons. The molecule has 2 aromatic rings. The van der Waals surface area contributed by atoms with Gasteiger partial charge in [0.05, 0.1) is 5.75 Å². The molecule has 3 rings (SSSR count). The first-order chi connectivity index (χ1) is 11.5. The molecule has 0 aliphatic carbocycles. The maximum absolute atomic E-state index is 12.4. The van der Waals surface area contributed by atoms with Gasteiger partial charge in [-0.05, 0) is 36.8 Å². The van der Waals surface area contributed by atoms with E-state index in [-0.39, 0.29) is 5.91 Å². The summed E-state index contributed by atoms with van der Waals surface area (Å²) in [4.78, 5) is 14.4. The number of carbonyl (C=O) groups excluding carboxylic acids is 1. The van der Waals surface area contributed by atoms with Crippen molar-refractivity contribution in [2.24, 2.45) is 11.8 Å². The first kappa shape index (κ1) is 17.0. The smallest absolute Gasteiger partial charge is 0.277 e. The van der Waals surface area contributed by atoms with Crippen LogP contribution < -0.4 is 0 Å². The Morgan fingerprint density at radius 2 is 1.96 bits per heavy atom. The molecule has 5 nitrogen and oxygen atoms in total. The van der Waals surface area contributed by atoms with Crippen LogP contribution in [0.3, 0.4) is 0 Å². The summed E-state index contributed by atoms with van der Waals surface area (Å²) in [7, 11) is 0. The van der Waals surface area contributed by atoms with Crippen LogP contribution in [0.5, 0.6) is 0 Å².